The molecule has 0 bridgehead atoms. The van der Waals surface area contributed by atoms with Crippen molar-refractivity contribution in [2.75, 3.05) is 18.8 Å². The maximum absolute atomic E-state index is 11.3. The van der Waals surface area contributed by atoms with Crippen LogP contribution in [0.3, 0.4) is 0 Å². The molecule has 0 unspecified atom stereocenters. The van der Waals surface area contributed by atoms with E-state index in [1.807, 2.05) is 5.38 Å². The normalized spacial score (nSPS) is 10.2. The number of nitrogens with one attached hydrogen (secondary N) is 1. The lowest BCUT2D eigenvalue weighted by Gasteiger charge is -2.03. The second kappa shape index (κ2) is 9.56. The number of aromatic nitrogens is 1. The smallest absolute Gasteiger partial charge is 0.220 e. The largest absolute Gasteiger partial charge is 0.370 e. The fourth-order valence-corrected chi connectivity index (χ4v) is 2.87. The number of guanidine groups is 1. The van der Waals surface area contributed by atoms with Gasteiger partial charge in [0.15, 0.2) is 5.96 Å². The maximum Gasteiger partial charge on any atom is 0.220 e. The summed E-state index contributed by atoms with van der Waals surface area (Å²) in [6.45, 7) is 1.20. The van der Waals surface area contributed by atoms with E-state index in [0.717, 1.165) is 23.6 Å². The van der Waals surface area contributed by atoms with E-state index >= 15 is 0 Å². The molecule has 0 spiro atoms. The Morgan fingerprint density at radius 2 is 2.30 bits per heavy atom. The van der Waals surface area contributed by atoms with Crippen LogP contribution in [-0.2, 0) is 10.5 Å². The first-order valence-electron chi connectivity index (χ1n) is 6.20. The van der Waals surface area contributed by atoms with Crippen LogP contribution in [-0.4, -0.2) is 35.7 Å². The average molecular weight is 316 g/mol. The lowest BCUT2D eigenvalue weighted by atomic mass is 10.3. The number of nitrogens with two attached hydrogens (primary N) is 3. The number of thioether (sulfide) groups is 1. The topological polar surface area (TPSA) is 132 Å². The molecule has 1 aromatic heterocycles. The first kappa shape index (κ1) is 16.7. The molecule has 0 fully saturated rings. The third-order valence-electron chi connectivity index (χ3n) is 2.19. The Morgan fingerprint density at radius 1 is 1.50 bits per heavy atom. The van der Waals surface area contributed by atoms with Gasteiger partial charge in [0, 0.05) is 29.9 Å². The summed E-state index contributed by atoms with van der Waals surface area (Å²) in [7, 11) is 0. The molecular weight excluding hydrogens is 296 g/mol. The van der Waals surface area contributed by atoms with Crippen molar-refractivity contribution in [1.29, 1.82) is 0 Å². The van der Waals surface area contributed by atoms with Crippen molar-refractivity contribution in [3.8, 4) is 0 Å². The summed E-state index contributed by atoms with van der Waals surface area (Å²) in [4.78, 5) is 19.5. The Kier molecular flexibility index (Phi) is 8.00. The summed E-state index contributed by atoms with van der Waals surface area (Å²) in [6, 6.07) is 0. The number of nitrogens with zero attached hydrogens (tertiary/aromatic N) is 2. The molecular formula is C11H20N6OS2. The molecule has 0 saturated carbocycles. The van der Waals surface area contributed by atoms with Gasteiger partial charge >= 0.3 is 0 Å². The third-order valence-corrected chi connectivity index (χ3v) is 3.97. The molecule has 1 heterocycles. The monoisotopic (exact) mass is 316 g/mol. The summed E-state index contributed by atoms with van der Waals surface area (Å²) in [5.74, 6) is 1.68. The highest BCUT2D eigenvalue weighted by atomic mass is 32.2. The van der Waals surface area contributed by atoms with Crippen molar-refractivity contribution in [2.45, 2.75) is 18.6 Å². The minimum absolute atomic E-state index is 0.0127. The maximum atomic E-state index is 11.3. The van der Waals surface area contributed by atoms with Crippen LogP contribution < -0.4 is 22.5 Å². The number of hydrogen-bond donors (Lipinski definition) is 4. The quantitative estimate of drug-likeness (QED) is 0.291. The lowest BCUT2D eigenvalue weighted by molar-refractivity contribution is -0.121. The molecule has 0 aliphatic carbocycles. The summed E-state index contributed by atoms with van der Waals surface area (Å²) >= 11 is 3.10. The van der Waals surface area contributed by atoms with Crippen molar-refractivity contribution in [2.24, 2.45) is 22.2 Å². The molecule has 0 saturated heterocycles. The second-order valence-corrected chi connectivity index (χ2v) is 5.89. The Balaban J connectivity index is 2.14. The zero-order chi connectivity index (χ0) is 14.8. The third kappa shape index (κ3) is 7.31. The number of carbonyl (C=O) groups is 1. The summed E-state index contributed by atoms with van der Waals surface area (Å²) in [6.07, 6.45) is 1.22. The highest BCUT2D eigenvalue weighted by Gasteiger charge is 2.02. The van der Waals surface area contributed by atoms with Gasteiger partial charge in [-0.1, -0.05) is 0 Å². The van der Waals surface area contributed by atoms with E-state index in [2.05, 4.69) is 15.3 Å². The number of thiazole rings is 1. The number of aliphatic imine (C=N–C) groups is 1. The van der Waals surface area contributed by atoms with Crippen LogP contribution >= 0.6 is 23.1 Å². The zero-order valence-electron chi connectivity index (χ0n) is 11.2. The van der Waals surface area contributed by atoms with Gasteiger partial charge in [0.25, 0.3) is 0 Å². The predicted molar refractivity (Wildman–Crippen MR) is 85.0 cm³/mol. The Morgan fingerprint density at radius 3 is 3.00 bits per heavy atom. The number of carbonyl (C=O) groups excluding carboxylic acids is 1. The average Bonchev–Trinajstić information content (AvgIpc) is 2.82. The van der Waals surface area contributed by atoms with Gasteiger partial charge in [0.1, 0.15) is 0 Å². The van der Waals surface area contributed by atoms with Crippen molar-refractivity contribution >= 4 is 40.1 Å². The summed E-state index contributed by atoms with van der Waals surface area (Å²) < 4.78 is 0. The minimum atomic E-state index is 0.0127. The van der Waals surface area contributed by atoms with Gasteiger partial charge in [-0.15, -0.1) is 11.3 Å². The van der Waals surface area contributed by atoms with E-state index in [9.17, 15) is 4.79 Å². The Bertz CT molecular complexity index is 444. The predicted octanol–water partition coefficient (Wildman–Crippen LogP) is 0.136. The lowest BCUT2D eigenvalue weighted by Crippen LogP contribution is -2.26. The fraction of sp³-hybridized carbons (Fsp3) is 0.545. The summed E-state index contributed by atoms with van der Waals surface area (Å²) in [5, 5.41) is 5.34. The highest BCUT2D eigenvalue weighted by Crippen LogP contribution is 2.21. The molecule has 1 aromatic rings. The molecule has 1 rings (SSSR count). The van der Waals surface area contributed by atoms with E-state index < -0.39 is 0 Å². The van der Waals surface area contributed by atoms with Crippen LogP contribution in [0.1, 0.15) is 18.5 Å². The summed E-state index contributed by atoms with van der Waals surface area (Å²) in [5.41, 5.74) is 16.8. The van der Waals surface area contributed by atoms with E-state index in [-0.39, 0.29) is 11.9 Å². The SMILES string of the molecule is NCCCC(=O)NCCSCc1csc(N=C(N)N)n1. The number of rotatable bonds is 9. The van der Waals surface area contributed by atoms with Crippen molar-refractivity contribution < 1.29 is 4.79 Å². The van der Waals surface area contributed by atoms with Crippen LogP contribution in [0.4, 0.5) is 5.13 Å². The van der Waals surface area contributed by atoms with E-state index in [1.54, 1.807) is 11.8 Å². The van der Waals surface area contributed by atoms with Crippen LogP contribution in [0.2, 0.25) is 0 Å². The number of amides is 1. The van der Waals surface area contributed by atoms with Gasteiger partial charge in [-0.05, 0) is 13.0 Å². The molecule has 112 valence electrons. The van der Waals surface area contributed by atoms with Gasteiger partial charge in [0.2, 0.25) is 11.0 Å². The van der Waals surface area contributed by atoms with Crippen LogP contribution in [0.5, 0.6) is 0 Å². The Labute approximate surface area is 126 Å². The molecule has 0 aliphatic heterocycles. The van der Waals surface area contributed by atoms with Gasteiger partial charge in [-0.2, -0.15) is 16.8 Å². The van der Waals surface area contributed by atoms with Crippen LogP contribution in [0.15, 0.2) is 10.4 Å². The molecule has 20 heavy (non-hydrogen) atoms. The first-order chi connectivity index (χ1) is 9.61. The molecule has 0 aliphatic rings. The Hall–Kier alpha value is -1.32. The fourth-order valence-electron chi connectivity index (χ4n) is 1.31. The number of hydrogen-bond acceptors (Lipinski definition) is 6. The van der Waals surface area contributed by atoms with Crippen molar-refractivity contribution in [1.82, 2.24) is 10.3 Å². The molecule has 0 radical (unpaired) electrons. The van der Waals surface area contributed by atoms with Gasteiger partial charge in [-0.25, -0.2) is 4.98 Å². The highest BCUT2D eigenvalue weighted by molar-refractivity contribution is 7.98. The molecule has 9 heteroatoms. The van der Waals surface area contributed by atoms with Gasteiger partial charge in [-0.3, -0.25) is 4.79 Å². The van der Waals surface area contributed by atoms with E-state index in [4.69, 9.17) is 17.2 Å². The van der Waals surface area contributed by atoms with Crippen LogP contribution in [0, 0.1) is 0 Å². The second-order valence-electron chi connectivity index (χ2n) is 3.95. The molecule has 0 atom stereocenters. The van der Waals surface area contributed by atoms with Gasteiger partial charge < -0.3 is 22.5 Å². The zero-order valence-corrected chi connectivity index (χ0v) is 12.8. The molecule has 7 N–H and O–H groups in total. The molecule has 7 nitrogen and oxygen atoms in total. The van der Waals surface area contributed by atoms with Gasteiger partial charge in [0.05, 0.1) is 5.69 Å². The van der Waals surface area contributed by atoms with Crippen LogP contribution in [0.25, 0.3) is 0 Å². The molecule has 1 amide bonds. The first-order valence-corrected chi connectivity index (χ1v) is 8.24. The van der Waals surface area contributed by atoms with E-state index in [1.165, 1.54) is 11.3 Å². The molecule has 0 aromatic carbocycles. The van der Waals surface area contributed by atoms with Crippen molar-refractivity contribution in [3.05, 3.63) is 11.1 Å². The van der Waals surface area contributed by atoms with Crippen molar-refractivity contribution in [3.63, 3.8) is 0 Å². The standard InChI is InChI=1S/C11H20N6OS2/c12-3-1-2-9(18)15-4-5-19-6-8-7-20-11(16-8)17-10(13)14/h7H,1-6,12H2,(H,15,18)(H4,13,14,16,17). The minimum Gasteiger partial charge on any atom is -0.370 e. The van der Waals surface area contributed by atoms with E-state index in [0.29, 0.717) is 24.6 Å².